The van der Waals surface area contributed by atoms with Gasteiger partial charge in [0.15, 0.2) is 0 Å². The van der Waals surface area contributed by atoms with E-state index in [1.165, 1.54) is 0 Å². The summed E-state index contributed by atoms with van der Waals surface area (Å²) in [5, 5.41) is 13.0. The highest BCUT2D eigenvalue weighted by atomic mass is 16.3. The Kier molecular flexibility index (Phi) is 3.69. The summed E-state index contributed by atoms with van der Waals surface area (Å²) in [6.07, 6.45) is 5.80. The number of aromatic nitrogens is 1. The number of rotatable bonds is 4. The first-order valence-electron chi connectivity index (χ1n) is 5.67. The molecule has 1 aliphatic carbocycles. The van der Waals surface area contributed by atoms with E-state index in [-0.39, 0.29) is 6.10 Å². The van der Waals surface area contributed by atoms with Crippen molar-refractivity contribution in [3.05, 3.63) is 30.1 Å². The Morgan fingerprint density at radius 1 is 1.40 bits per heavy atom. The standard InChI is InChI=1S/C12H18N2O/c15-12-6-3-5-11(12)14-9-7-10-4-1-2-8-13-10/h1-2,4,8,11-12,14-15H,3,5-7,9H2/t11-,12-/m1/s1. The molecule has 0 aliphatic heterocycles. The first-order chi connectivity index (χ1) is 7.36. The van der Waals surface area contributed by atoms with Gasteiger partial charge in [-0.1, -0.05) is 6.07 Å². The molecule has 2 rings (SSSR count). The van der Waals surface area contributed by atoms with Crippen LogP contribution in [0.25, 0.3) is 0 Å². The molecular weight excluding hydrogens is 188 g/mol. The van der Waals surface area contributed by atoms with Crippen molar-refractivity contribution in [2.45, 2.75) is 37.8 Å². The molecule has 1 saturated carbocycles. The minimum absolute atomic E-state index is 0.145. The van der Waals surface area contributed by atoms with E-state index >= 15 is 0 Å². The molecule has 1 aromatic rings. The molecule has 15 heavy (non-hydrogen) atoms. The van der Waals surface area contributed by atoms with Crippen molar-refractivity contribution in [1.82, 2.24) is 10.3 Å². The van der Waals surface area contributed by atoms with Crippen LogP contribution in [0.4, 0.5) is 0 Å². The number of aliphatic hydroxyl groups is 1. The monoisotopic (exact) mass is 206 g/mol. The quantitative estimate of drug-likeness (QED) is 0.776. The van der Waals surface area contributed by atoms with Crippen molar-refractivity contribution < 1.29 is 5.11 Å². The maximum absolute atomic E-state index is 9.61. The molecule has 1 fully saturated rings. The van der Waals surface area contributed by atoms with E-state index in [4.69, 9.17) is 0 Å². The summed E-state index contributed by atoms with van der Waals surface area (Å²) in [5.74, 6) is 0. The highest BCUT2D eigenvalue weighted by Gasteiger charge is 2.23. The number of pyridine rings is 1. The smallest absolute Gasteiger partial charge is 0.0693 e. The maximum atomic E-state index is 9.61. The van der Waals surface area contributed by atoms with E-state index in [2.05, 4.69) is 10.3 Å². The van der Waals surface area contributed by atoms with Crippen molar-refractivity contribution in [3.63, 3.8) is 0 Å². The van der Waals surface area contributed by atoms with E-state index in [0.717, 1.165) is 37.9 Å². The average molecular weight is 206 g/mol. The number of aliphatic hydroxyl groups excluding tert-OH is 1. The normalized spacial score (nSPS) is 25.7. The average Bonchev–Trinajstić information content (AvgIpc) is 2.66. The lowest BCUT2D eigenvalue weighted by atomic mass is 10.2. The minimum Gasteiger partial charge on any atom is -0.392 e. The van der Waals surface area contributed by atoms with Gasteiger partial charge >= 0.3 is 0 Å². The van der Waals surface area contributed by atoms with E-state index < -0.39 is 0 Å². The maximum Gasteiger partial charge on any atom is 0.0693 e. The summed E-state index contributed by atoms with van der Waals surface area (Å²) in [6.45, 7) is 0.902. The zero-order valence-corrected chi connectivity index (χ0v) is 8.89. The van der Waals surface area contributed by atoms with E-state index in [9.17, 15) is 5.11 Å². The van der Waals surface area contributed by atoms with Gasteiger partial charge in [-0.3, -0.25) is 4.98 Å². The van der Waals surface area contributed by atoms with E-state index in [0.29, 0.717) is 6.04 Å². The topological polar surface area (TPSA) is 45.1 Å². The van der Waals surface area contributed by atoms with Crippen molar-refractivity contribution in [1.29, 1.82) is 0 Å². The summed E-state index contributed by atoms with van der Waals surface area (Å²) < 4.78 is 0. The molecular formula is C12H18N2O. The van der Waals surface area contributed by atoms with Gasteiger partial charge in [0, 0.05) is 30.9 Å². The largest absolute Gasteiger partial charge is 0.392 e. The van der Waals surface area contributed by atoms with Crippen LogP contribution >= 0.6 is 0 Å². The SMILES string of the molecule is O[C@@H]1CCC[C@H]1NCCc1ccccn1. The van der Waals surface area contributed by atoms with Crippen LogP contribution in [0.3, 0.4) is 0 Å². The number of hydrogen-bond acceptors (Lipinski definition) is 3. The minimum atomic E-state index is -0.145. The lowest BCUT2D eigenvalue weighted by molar-refractivity contribution is 0.149. The molecule has 0 spiro atoms. The second kappa shape index (κ2) is 5.24. The van der Waals surface area contributed by atoms with Gasteiger partial charge in [-0.2, -0.15) is 0 Å². The van der Waals surface area contributed by atoms with Crippen molar-refractivity contribution >= 4 is 0 Å². The Bertz CT molecular complexity index is 289. The van der Waals surface area contributed by atoms with Gasteiger partial charge in [0.2, 0.25) is 0 Å². The number of hydrogen-bond donors (Lipinski definition) is 2. The third-order valence-corrected chi connectivity index (χ3v) is 2.99. The predicted molar refractivity (Wildman–Crippen MR) is 59.6 cm³/mol. The highest BCUT2D eigenvalue weighted by molar-refractivity contribution is 5.03. The van der Waals surface area contributed by atoms with Crippen molar-refractivity contribution in [2.75, 3.05) is 6.54 Å². The van der Waals surface area contributed by atoms with Gasteiger partial charge in [-0.15, -0.1) is 0 Å². The summed E-state index contributed by atoms with van der Waals surface area (Å²) >= 11 is 0. The number of nitrogens with zero attached hydrogens (tertiary/aromatic N) is 1. The molecule has 3 nitrogen and oxygen atoms in total. The van der Waals surface area contributed by atoms with E-state index in [1.54, 1.807) is 0 Å². The molecule has 1 aromatic heterocycles. The second-order valence-corrected chi connectivity index (χ2v) is 4.13. The van der Waals surface area contributed by atoms with Crippen molar-refractivity contribution in [2.24, 2.45) is 0 Å². The summed E-state index contributed by atoms with van der Waals surface area (Å²) in [4.78, 5) is 4.26. The predicted octanol–water partition coefficient (Wildman–Crippen LogP) is 1.13. The fraction of sp³-hybridized carbons (Fsp3) is 0.583. The van der Waals surface area contributed by atoms with Gasteiger partial charge in [-0.25, -0.2) is 0 Å². The van der Waals surface area contributed by atoms with Gasteiger partial charge in [0.1, 0.15) is 0 Å². The molecule has 0 radical (unpaired) electrons. The Balaban J connectivity index is 1.71. The molecule has 0 unspecified atom stereocenters. The summed E-state index contributed by atoms with van der Waals surface area (Å²) in [6, 6.07) is 6.27. The second-order valence-electron chi connectivity index (χ2n) is 4.13. The van der Waals surface area contributed by atoms with Crippen LogP contribution in [0.5, 0.6) is 0 Å². The van der Waals surface area contributed by atoms with Gasteiger partial charge in [0.05, 0.1) is 6.10 Å². The van der Waals surface area contributed by atoms with E-state index in [1.807, 2.05) is 24.4 Å². The zero-order chi connectivity index (χ0) is 10.5. The Hall–Kier alpha value is -0.930. The summed E-state index contributed by atoms with van der Waals surface area (Å²) in [5.41, 5.74) is 1.11. The zero-order valence-electron chi connectivity index (χ0n) is 8.89. The fourth-order valence-corrected chi connectivity index (χ4v) is 2.11. The Morgan fingerprint density at radius 3 is 3.00 bits per heavy atom. The Labute approximate surface area is 90.5 Å². The molecule has 3 heteroatoms. The molecule has 0 bridgehead atoms. The fourth-order valence-electron chi connectivity index (χ4n) is 2.11. The van der Waals surface area contributed by atoms with Crippen LogP contribution in [0, 0.1) is 0 Å². The molecule has 1 aliphatic rings. The van der Waals surface area contributed by atoms with Gasteiger partial charge < -0.3 is 10.4 Å². The molecule has 1 heterocycles. The van der Waals surface area contributed by atoms with Crippen LogP contribution in [-0.2, 0) is 6.42 Å². The third kappa shape index (κ3) is 3.01. The Morgan fingerprint density at radius 2 is 2.33 bits per heavy atom. The summed E-state index contributed by atoms with van der Waals surface area (Å²) in [7, 11) is 0. The molecule has 2 atom stereocenters. The lowest BCUT2D eigenvalue weighted by Gasteiger charge is -2.15. The first kappa shape index (κ1) is 10.6. The van der Waals surface area contributed by atoms with Crippen LogP contribution in [0.1, 0.15) is 25.0 Å². The van der Waals surface area contributed by atoms with Gasteiger partial charge in [-0.05, 0) is 31.4 Å². The van der Waals surface area contributed by atoms with Crippen LogP contribution < -0.4 is 5.32 Å². The molecule has 82 valence electrons. The van der Waals surface area contributed by atoms with Crippen LogP contribution in [0.15, 0.2) is 24.4 Å². The molecule has 0 saturated heterocycles. The number of nitrogens with one attached hydrogen (secondary N) is 1. The first-order valence-corrected chi connectivity index (χ1v) is 5.67. The lowest BCUT2D eigenvalue weighted by Crippen LogP contribution is -2.36. The third-order valence-electron chi connectivity index (χ3n) is 2.99. The van der Waals surface area contributed by atoms with Crippen LogP contribution in [0.2, 0.25) is 0 Å². The molecule has 2 N–H and O–H groups in total. The molecule has 0 amide bonds. The molecule has 0 aromatic carbocycles. The van der Waals surface area contributed by atoms with Gasteiger partial charge in [0.25, 0.3) is 0 Å². The van der Waals surface area contributed by atoms with Crippen LogP contribution in [-0.4, -0.2) is 28.8 Å². The van der Waals surface area contributed by atoms with Crippen molar-refractivity contribution in [3.8, 4) is 0 Å². The highest BCUT2D eigenvalue weighted by Crippen LogP contribution is 2.18.